The Morgan fingerprint density at radius 3 is 2.83 bits per heavy atom. The van der Waals surface area contributed by atoms with Crippen molar-refractivity contribution in [2.24, 2.45) is 5.11 Å². The first-order chi connectivity index (χ1) is 11.5. The predicted molar refractivity (Wildman–Crippen MR) is 88.8 cm³/mol. The molecule has 10 heteroatoms. The van der Waals surface area contributed by atoms with Gasteiger partial charge in [0.15, 0.2) is 0 Å². The molecule has 0 fully saturated rings. The van der Waals surface area contributed by atoms with Crippen LogP contribution in [0.25, 0.3) is 10.4 Å². The first-order valence-electron chi connectivity index (χ1n) is 7.45. The van der Waals surface area contributed by atoms with E-state index in [0.29, 0.717) is 24.2 Å². The minimum absolute atomic E-state index is 0.153. The van der Waals surface area contributed by atoms with Gasteiger partial charge in [-0.05, 0) is 30.5 Å². The third-order valence-corrected chi connectivity index (χ3v) is 4.08. The van der Waals surface area contributed by atoms with Crippen LogP contribution in [0.15, 0.2) is 29.4 Å². The van der Waals surface area contributed by atoms with Crippen LogP contribution in [0.2, 0.25) is 0 Å². The zero-order valence-corrected chi connectivity index (χ0v) is 14.3. The number of phosphoric acid groups is 1. The van der Waals surface area contributed by atoms with Gasteiger partial charge in [-0.15, -0.1) is 0 Å². The summed E-state index contributed by atoms with van der Waals surface area (Å²) >= 11 is 0. The highest BCUT2D eigenvalue weighted by Gasteiger charge is 2.17. The molecule has 0 radical (unpaired) electrons. The highest BCUT2D eigenvalue weighted by molar-refractivity contribution is 7.47. The van der Waals surface area contributed by atoms with Gasteiger partial charge in [0.1, 0.15) is 0 Å². The van der Waals surface area contributed by atoms with Crippen LogP contribution in [0.5, 0.6) is 0 Å². The monoisotopic (exact) mass is 356 g/mol. The average Bonchev–Trinajstić information content (AvgIpc) is 2.57. The summed E-state index contributed by atoms with van der Waals surface area (Å²) in [6.07, 6.45) is 3.08. The van der Waals surface area contributed by atoms with E-state index in [2.05, 4.69) is 19.9 Å². The third-order valence-electron chi connectivity index (χ3n) is 3.11. The van der Waals surface area contributed by atoms with Gasteiger partial charge >= 0.3 is 7.82 Å². The number of carbonyl (C=O) groups excluding carboxylic acids is 1. The van der Waals surface area contributed by atoms with Crippen molar-refractivity contribution in [3.63, 3.8) is 0 Å². The molecule has 0 aliphatic heterocycles. The topological polar surface area (TPSA) is 134 Å². The number of unbranched alkanes of at least 4 members (excludes halogenated alkanes) is 3. The van der Waals surface area contributed by atoms with Gasteiger partial charge in [-0.2, -0.15) is 0 Å². The maximum atomic E-state index is 11.9. The smallest absolute Gasteiger partial charge is 0.352 e. The lowest BCUT2D eigenvalue weighted by Gasteiger charge is -2.09. The Bertz CT molecular complexity index is 633. The summed E-state index contributed by atoms with van der Waals surface area (Å²) in [6, 6.07) is 6.44. The lowest BCUT2D eigenvalue weighted by molar-refractivity contribution is 0.0952. The fraction of sp³-hybridized carbons (Fsp3) is 0.500. The summed E-state index contributed by atoms with van der Waals surface area (Å²) in [4.78, 5) is 23.6. The summed E-state index contributed by atoms with van der Waals surface area (Å²) in [5, 5.41) is 6.24. The lowest BCUT2D eigenvalue weighted by atomic mass is 10.1. The van der Waals surface area contributed by atoms with E-state index in [9.17, 15) is 9.36 Å². The zero-order valence-electron chi connectivity index (χ0n) is 13.4. The van der Waals surface area contributed by atoms with Gasteiger partial charge in [-0.3, -0.25) is 13.8 Å². The van der Waals surface area contributed by atoms with E-state index in [4.69, 9.17) is 14.9 Å². The molecule has 0 aliphatic rings. The number of benzene rings is 1. The number of nitrogens with zero attached hydrogens (tertiary/aromatic N) is 3. The molecular formula is C14H21N4O5P. The largest absolute Gasteiger partial charge is 0.471 e. The van der Waals surface area contributed by atoms with Crippen molar-refractivity contribution < 1.29 is 23.3 Å². The Labute approximate surface area is 140 Å². The quantitative estimate of drug-likeness (QED) is 0.205. The first-order valence-corrected chi connectivity index (χ1v) is 8.94. The third kappa shape index (κ3) is 8.10. The van der Waals surface area contributed by atoms with Crippen molar-refractivity contribution in [2.45, 2.75) is 25.7 Å². The molecule has 2 N–H and O–H groups in total. The number of rotatable bonds is 11. The standard InChI is InChI=1S/C14H21N4O5P/c1-22-24(20,21)23-10-5-3-2-4-9-16-14(19)12-7-6-8-13(11-12)17-18-15/h6-8,11H,2-5,9-10H2,1H3,(H,16,19)(H,20,21). The minimum Gasteiger partial charge on any atom is -0.352 e. The summed E-state index contributed by atoms with van der Waals surface area (Å²) in [5.41, 5.74) is 9.21. The molecule has 0 aromatic heterocycles. The van der Waals surface area contributed by atoms with Gasteiger partial charge < -0.3 is 10.2 Å². The molecule has 1 rings (SSSR count). The van der Waals surface area contributed by atoms with E-state index in [-0.39, 0.29) is 12.5 Å². The van der Waals surface area contributed by atoms with Crippen LogP contribution in [0.4, 0.5) is 5.69 Å². The van der Waals surface area contributed by atoms with Gasteiger partial charge in [0.05, 0.1) is 6.61 Å². The van der Waals surface area contributed by atoms with Crippen molar-refractivity contribution in [1.29, 1.82) is 0 Å². The molecule has 9 nitrogen and oxygen atoms in total. The van der Waals surface area contributed by atoms with Crippen LogP contribution < -0.4 is 5.32 Å². The van der Waals surface area contributed by atoms with Crippen LogP contribution in [0, 0.1) is 0 Å². The van der Waals surface area contributed by atoms with E-state index < -0.39 is 7.82 Å². The molecule has 0 heterocycles. The molecule has 0 bridgehead atoms. The van der Waals surface area contributed by atoms with Crippen molar-refractivity contribution in [1.82, 2.24) is 5.32 Å². The Morgan fingerprint density at radius 2 is 2.12 bits per heavy atom. The number of hydrogen-bond donors (Lipinski definition) is 2. The average molecular weight is 356 g/mol. The SMILES string of the molecule is COP(=O)(O)OCCCCCCNC(=O)c1cccc(N=[N+]=[N-])c1. The maximum absolute atomic E-state index is 11.9. The molecule has 1 atom stereocenters. The van der Waals surface area contributed by atoms with Crippen molar-refractivity contribution in [2.75, 3.05) is 20.3 Å². The number of phosphoric ester groups is 1. The Hall–Kier alpha value is -1.89. The van der Waals surface area contributed by atoms with E-state index in [1.807, 2.05) is 0 Å². The second-order valence-corrected chi connectivity index (χ2v) is 6.45. The molecule has 1 aromatic carbocycles. The van der Waals surface area contributed by atoms with E-state index >= 15 is 0 Å². The van der Waals surface area contributed by atoms with Crippen molar-refractivity contribution >= 4 is 19.4 Å². The zero-order chi connectivity index (χ0) is 17.8. The van der Waals surface area contributed by atoms with Crippen LogP contribution in [-0.2, 0) is 13.6 Å². The van der Waals surface area contributed by atoms with Gasteiger partial charge in [0, 0.05) is 29.8 Å². The molecule has 24 heavy (non-hydrogen) atoms. The van der Waals surface area contributed by atoms with Crippen LogP contribution >= 0.6 is 7.82 Å². The van der Waals surface area contributed by atoms with Gasteiger partial charge in [0.25, 0.3) is 5.91 Å². The second-order valence-electron chi connectivity index (χ2n) is 4.89. The molecule has 1 unspecified atom stereocenters. The summed E-state index contributed by atoms with van der Waals surface area (Å²) in [7, 11) is -2.76. The fourth-order valence-electron chi connectivity index (χ4n) is 1.88. The highest BCUT2D eigenvalue weighted by atomic mass is 31.2. The number of hydrogen-bond acceptors (Lipinski definition) is 5. The number of azide groups is 1. The van der Waals surface area contributed by atoms with E-state index in [0.717, 1.165) is 26.4 Å². The minimum atomic E-state index is -3.88. The molecule has 0 aliphatic carbocycles. The van der Waals surface area contributed by atoms with Gasteiger partial charge in [-0.1, -0.05) is 30.1 Å². The summed E-state index contributed by atoms with van der Waals surface area (Å²) in [6.45, 7) is 0.669. The molecule has 132 valence electrons. The number of amides is 1. The number of nitrogens with one attached hydrogen (secondary N) is 1. The van der Waals surface area contributed by atoms with Gasteiger partial charge in [0.2, 0.25) is 0 Å². The molecule has 1 aromatic rings. The Balaban J connectivity index is 2.17. The summed E-state index contributed by atoms with van der Waals surface area (Å²) in [5.74, 6) is -0.227. The fourth-order valence-corrected chi connectivity index (χ4v) is 2.34. The molecule has 1 amide bonds. The lowest BCUT2D eigenvalue weighted by Crippen LogP contribution is -2.24. The first kappa shape index (κ1) is 20.2. The van der Waals surface area contributed by atoms with Gasteiger partial charge in [-0.25, -0.2) is 4.57 Å². The predicted octanol–water partition coefficient (Wildman–Crippen LogP) is 3.68. The van der Waals surface area contributed by atoms with Crippen LogP contribution in [0.1, 0.15) is 36.0 Å². The summed E-state index contributed by atoms with van der Waals surface area (Å²) < 4.78 is 20.0. The second kappa shape index (κ2) is 10.8. The van der Waals surface area contributed by atoms with E-state index in [1.54, 1.807) is 18.2 Å². The molecule has 0 saturated carbocycles. The Kier molecular flexibility index (Phi) is 9.07. The Morgan fingerprint density at radius 1 is 1.38 bits per heavy atom. The molecule has 0 spiro atoms. The van der Waals surface area contributed by atoms with Crippen LogP contribution in [0.3, 0.4) is 0 Å². The van der Waals surface area contributed by atoms with Crippen molar-refractivity contribution in [3.05, 3.63) is 40.3 Å². The maximum Gasteiger partial charge on any atom is 0.471 e. The normalized spacial score (nSPS) is 12.9. The molecule has 0 saturated heterocycles. The highest BCUT2D eigenvalue weighted by Crippen LogP contribution is 2.41. The van der Waals surface area contributed by atoms with Crippen molar-refractivity contribution in [3.8, 4) is 0 Å². The van der Waals surface area contributed by atoms with E-state index in [1.165, 1.54) is 6.07 Å². The molecular weight excluding hydrogens is 335 g/mol. The number of carbonyl (C=O) groups is 1. The van der Waals surface area contributed by atoms with Crippen LogP contribution in [-0.4, -0.2) is 31.1 Å².